The van der Waals surface area contributed by atoms with Crippen LogP contribution < -0.4 is 0 Å². The Bertz CT molecular complexity index is 676. The normalized spacial score (nSPS) is 12.7. The lowest BCUT2D eigenvalue weighted by Crippen LogP contribution is -1.97. The predicted molar refractivity (Wildman–Crippen MR) is 77.6 cm³/mol. The van der Waals surface area contributed by atoms with E-state index in [2.05, 4.69) is 9.97 Å². The Balaban J connectivity index is 1.80. The Labute approximate surface area is 120 Å². The lowest BCUT2D eigenvalue weighted by Gasteiger charge is -2.06. The summed E-state index contributed by atoms with van der Waals surface area (Å²) in [6.45, 7) is 1.92. The van der Waals surface area contributed by atoms with E-state index in [1.807, 2.05) is 43.3 Å². The van der Waals surface area contributed by atoms with E-state index in [1.165, 1.54) is 11.8 Å². The Kier molecular flexibility index (Phi) is 3.71. The van der Waals surface area contributed by atoms with E-state index in [-0.39, 0.29) is 0 Å². The molecule has 0 spiro atoms. The third-order valence-electron chi connectivity index (χ3n) is 2.97. The highest BCUT2D eigenvalue weighted by Gasteiger charge is 2.09. The Morgan fingerprint density at radius 3 is 2.80 bits per heavy atom. The van der Waals surface area contributed by atoms with Crippen LogP contribution in [0, 0.1) is 0 Å². The van der Waals surface area contributed by atoms with Crippen molar-refractivity contribution in [2.75, 3.05) is 0 Å². The van der Waals surface area contributed by atoms with Crippen molar-refractivity contribution in [1.82, 2.24) is 9.97 Å². The highest BCUT2D eigenvalue weighted by Crippen LogP contribution is 2.29. The number of para-hydroxylation sites is 2. The second-order valence-electron chi connectivity index (χ2n) is 4.39. The van der Waals surface area contributed by atoms with Crippen molar-refractivity contribution in [3.8, 4) is 0 Å². The van der Waals surface area contributed by atoms with Crippen molar-refractivity contribution >= 4 is 22.9 Å². The van der Waals surface area contributed by atoms with E-state index in [1.54, 1.807) is 6.20 Å². The summed E-state index contributed by atoms with van der Waals surface area (Å²) in [6, 6.07) is 11.4. The van der Waals surface area contributed by atoms with E-state index in [4.69, 9.17) is 4.42 Å². The first-order chi connectivity index (χ1) is 9.76. The molecular weight excluding hydrogens is 272 g/mol. The van der Waals surface area contributed by atoms with Crippen LogP contribution in [-0.2, 0) is 0 Å². The van der Waals surface area contributed by atoms with Gasteiger partial charge in [-0.25, -0.2) is 4.98 Å². The van der Waals surface area contributed by atoms with E-state index in [0.29, 0.717) is 17.3 Å². The van der Waals surface area contributed by atoms with Gasteiger partial charge in [-0.2, -0.15) is 0 Å². The number of aliphatic hydroxyl groups is 1. The molecule has 0 unspecified atom stereocenters. The van der Waals surface area contributed by atoms with E-state index in [0.717, 1.165) is 16.0 Å². The molecule has 2 aromatic heterocycles. The molecule has 0 amide bonds. The van der Waals surface area contributed by atoms with Gasteiger partial charge in [0.2, 0.25) is 0 Å². The van der Waals surface area contributed by atoms with Crippen LogP contribution in [0.2, 0.25) is 0 Å². The molecule has 1 atom stereocenters. The second kappa shape index (κ2) is 5.64. The van der Waals surface area contributed by atoms with Gasteiger partial charge in [0.15, 0.2) is 5.58 Å². The quantitative estimate of drug-likeness (QED) is 0.790. The molecule has 0 aliphatic heterocycles. The minimum atomic E-state index is -0.502. The van der Waals surface area contributed by atoms with Gasteiger partial charge in [-0.05, 0) is 42.4 Å². The average molecular weight is 286 g/mol. The summed E-state index contributed by atoms with van der Waals surface area (Å²) in [5, 5.41) is 10.3. The van der Waals surface area contributed by atoms with Crippen molar-refractivity contribution < 1.29 is 9.52 Å². The molecule has 0 aliphatic carbocycles. The zero-order chi connectivity index (χ0) is 13.9. The molecule has 0 bridgehead atoms. The van der Waals surface area contributed by atoms with Gasteiger partial charge in [-0.15, -0.1) is 0 Å². The zero-order valence-electron chi connectivity index (χ0n) is 11.0. The van der Waals surface area contributed by atoms with Crippen molar-refractivity contribution in [2.24, 2.45) is 0 Å². The number of rotatable bonds is 4. The molecule has 0 fully saturated rings. The van der Waals surface area contributed by atoms with Gasteiger partial charge in [0, 0.05) is 11.1 Å². The first-order valence-corrected chi connectivity index (χ1v) is 7.25. The minimum Gasteiger partial charge on any atom is -0.431 e. The van der Waals surface area contributed by atoms with Crippen molar-refractivity contribution in [2.45, 2.75) is 29.6 Å². The van der Waals surface area contributed by atoms with Crippen LogP contribution in [0.1, 0.15) is 25.1 Å². The molecule has 1 N–H and O–H groups in total. The number of hydrogen-bond donors (Lipinski definition) is 1. The topological polar surface area (TPSA) is 59.2 Å². The second-order valence-corrected chi connectivity index (χ2v) is 5.42. The molecule has 0 aliphatic rings. The molecule has 20 heavy (non-hydrogen) atoms. The van der Waals surface area contributed by atoms with Gasteiger partial charge in [-0.1, -0.05) is 19.1 Å². The average Bonchev–Trinajstić information content (AvgIpc) is 2.89. The maximum atomic E-state index is 9.71. The molecule has 3 rings (SSSR count). The number of aliphatic hydroxyl groups excluding tert-OH is 1. The van der Waals surface area contributed by atoms with Crippen molar-refractivity contribution in [3.63, 3.8) is 0 Å². The molecular formula is C15H14N2O2S. The van der Waals surface area contributed by atoms with Crippen LogP contribution in [0.4, 0.5) is 0 Å². The van der Waals surface area contributed by atoms with Crippen LogP contribution in [0.15, 0.2) is 57.1 Å². The van der Waals surface area contributed by atoms with Gasteiger partial charge in [0.25, 0.3) is 5.22 Å². The van der Waals surface area contributed by atoms with Crippen LogP contribution >= 0.6 is 11.8 Å². The third kappa shape index (κ3) is 2.69. The summed E-state index contributed by atoms with van der Waals surface area (Å²) >= 11 is 1.42. The van der Waals surface area contributed by atoms with Gasteiger partial charge < -0.3 is 9.52 Å². The summed E-state index contributed by atoms with van der Waals surface area (Å²) in [4.78, 5) is 9.59. The summed E-state index contributed by atoms with van der Waals surface area (Å²) in [5.41, 5.74) is 2.32. The van der Waals surface area contributed by atoms with Crippen molar-refractivity contribution in [1.29, 1.82) is 0 Å². The fourth-order valence-electron chi connectivity index (χ4n) is 1.85. The summed E-state index contributed by atoms with van der Waals surface area (Å²) in [7, 11) is 0. The van der Waals surface area contributed by atoms with E-state index in [9.17, 15) is 5.11 Å². The van der Waals surface area contributed by atoms with Gasteiger partial charge >= 0.3 is 0 Å². The molecule has 3 aromatic rings. The fraction of sp³-hybridized carbons (Fsp3) is 0.200. The number of benzene rings is 1. The van der Waals surface area contributed by atoms with Crippen LogP contribution in [-0.4, -0.2) is 15.1 Å². The van der Waals surface area contributed by atoms with E-state index >= 15 is 0 Å². The molecule has 0 saturated carbocycles. The van der Waals surface area contributed by atoms with Crippen LogP contribution in [0.3, 0.4) is 0 Å². The van der Waals surface area contributed by atoms with Crippen LogP contribution in [0.25, 0.3) is 11.1 Å². The highest BCUT2D eigenvalue weighted by molar-refractivity contribution is 7.99. The Hall–Kier alpha value is -1.85. The first kappa shape index (κ1) is 13.1. The van der Waals surface area contributed by atoms with Gasteiger partial charge in [0.05, 0.1) is 11.8 Å². The van der Waals surface area contributed by atoms with Gasteiger partial charge in [0.1, 0.15) is 5.52 Å². The Morgan fingerprint density at radius 1 is 1.25 bits per heavy atom. The standard InChI is InChI=1S/C15H14N2O2S/c1-2-13(18)11-8-7-10(9-16-11)20-15-17-12-5-3-4-6-14(12)19-15/h3-9,13,18H,2H2,1H3/t13-/m1/s1. The lowest BCUT2D eigenvalue weighted by molar-refractivity contribution is 0.169. The number of hydrogen-bond acceptors (Lipinski definition) is 5. The molecule has 0 radical (unpaired) electrons. The van der Waals surface area contributed by atoms with Gasteiger partial charge in [-0.3, -0.25) is 4.98 Å². The first-order valence-electron chi connectivity index (χ1n) is 6.43. The fourth-order valence-corrected chi connectivity index (χ4v) is 2.57. The lowest BCUT2D eigenvalue weighted by atomic mass is 10.2. The molecule has 5 heteroatoms. The monoisotopic (exact) mass is 286 g/mol. The molecule has 2 heterocycles. The SMILES string of the molecule is CC[C@@H](O)c1ccc(Sc2nc3ccccc3o2)cn1. The highest BCUT2D eigenvalue weighted by atomic mass is 32.2. The molecule has 4 nitrogen and oxygen atoms in total. The smallest absolute Gasteiger partial charge is 0.261 e. The number of pyridine rings is 1. The van der Waals surface area contributed by atoms with E-state index < -0.39 is 6.10 Å². The molecule has 102 valence electrons. The van der Waals surface area contributed by atoms with Crippen molar-refractivity contribution in [3.05, 3.63) is 48.3 Å². The largest absolute Gasteiger partial charge is 0.431 e. The Morgan fingerprint density at radius 2 is 2.10 bits per heavy atom. The summed E-state index contributed by atoms with van der Waals surface area (Å²) in [6.07, 6.45) is 1.89. The summed E-state index contributed by atoms with van der Waals surface area (Å²) in [5.74, 6) is 0. The zero-order valence-corrected chi connectivity index (χ0v) is 11.8. The van der Waals surface area contributed by atoms with Crippen LogP contribution in [0.5, 0.6) is 0 Å². The predicted octanol–water partition coefficient (Wildman–Crippen LogP) is 3.82. The maximum Gasteiger partial charge on any atom is 0.261 e. The number of nitrogens with zero attached hydrogens (tertiary/aromatic N) is 2. The number of oxazole rings is 1. The third-order valence-corrected chi connectivity index (χ3v) is 3.79. The number of aromatic nitrogens is 2. The summed E-state index contributed by atoms with van der Waals surface area (Å²) < 4.78 is 5.65. The number of fused-ring (bicyclic) bond motifs is 1. The minimum absolute atomic E-state index is 0.502. The molecule has 1 aromatic carbocycles. The maximum absolute atomic E-state index is 9.71. The molecule has 0 saturated heterocycles.